The second-order valence-electron chi connectivity index (χ2n) is 5.36. The van der Waals surface area contributed by atoms with Crippen LogP contribution in [0, 0.1) is 0 Å². The van der Waals surface area contributed by atoms with E-state index in [0.29, 0.717) is 11.9 Å². The third-order valence-electron chi connectivity index (χ3n) is 3.78. The zero-order chi connectivity index (χ0) is 14.8. The summed E-state index contributed by atoms with van der Waals surface area (Å²) in [6, 6.07) is 8.16. The molecule has 0 amide bonds. The van der Waals surface area contributed by atoms with E-state index < -0.39 is 0 Å². The van der Waals surface area contributed by atoms with Crippen molar-refractivity contribution >= 4 is 5.82 Å². The Morgan fingerprint density at radius 2 is 2.05 bits per heavy atom. The maximum absolute atomic E-state index is 12.3. The summed E-state index contributed by atoms with van der Waals surface area (Å²) in [4.78, 5) is 16.5. The number of methoxy groups -OCH3 is 1. The molecule has 0 saturated heterocycles. The van der Waals surface area contributed by atoms with E-state index in [4.69, 9.17) is 4.74 Å². The average molecular weight is 285 g/mol. The number of aromatic nitrogens is 2. The quantitative estimate of drug-likeness (QED) is 0.917. The SMILES string of the molecule is COc1ccc(C(C)Nc2nccn(C3CC3)c2=O)cc1. The normalized spacial score (nSPS) is 15.5. The number of anilines is 1. The smallest absolute Gasteiger partial charge is 0.293 e. The fourth-order valence-corrected chi connectivity index (χ4v) is 2.35. The minimum Gasteiger partial charge on any atom is -0.497 e. The molecule has 0 radical (unpaired) electrons. The highest BCUT2D eigenvalue weighted by molar-refractivity contribution is 5.37. The van der Waals surface area contributed by atoms with Crippen molar-refractivity contribution in [1.29, 1.82) is 0 Å². The Morgan fingerprint density at radius 1 is 1.33 bits per heavy atom. The molecule has 1 N–H and O–H groups in total. The van der Waals surface area contributed by atoms with Gasteiger partial charge in [-0.25, -0.2) is 4.98 Å². The number of hydrogen-bond donors (Lipinski definition) is 1. The lowest BCUT2D eigenvalue weighted by atomic mass is 10.1. The zero-order valence-electron chi connectivity index (χ0n) is 12.2. The fourth-order valence-electron chi connectivity index (χ4n) is 2.35. The van der Waals surface area contributed by atoms with Crippen LogP contribution < -0.4 is 15.6 Å². The van der Waals surface area contributed by atoms with E-state index >= 15 is 0 Å². The van der Waals surface area contributed by atoms with Gasteiger partial charge in [0.05, 0.1) is 13.2 Å². The van der Waals surface area contributed by atoms with Crippen LogP contribution in [0.5, 0.6) is 5.75 Å². The molecular formula is C16H19N3O2. The van der Waals surface area contributed by atoms with Crippen LogP contribution in [0.4, 0.5) is 5.82 Å². The minimum absolute atomic E-state index is 0.00570. The van der Waals surface area contributed by atoms with Gasteiger partial charge in [-0.05, 0) is 37.5 Å². The van der Waals surface area contributed by atoms with Crippen molar-refractivity contribution in [2.75, 3.05) is 12.4 Å². The van der Waals surface area contributed by atoms with E-state index in [0.717, 1.165) is 24.2 Å². The lowest BCUT2D eigenvalue weighted by Gasteiger charge is -2.15. The molecule has 0 bridgehead atoms. The highest BCUT2D eigenvalue weighted by atomic mass is 16.5. The minimum atomic E-state index is -0.0413. The van der Waals surface area contributed by atoms with Crippen molar-refractivity contribution in [1.82, 2.24) is 9.55 Å². The molecule has 1 unspecified atom stereocenters. The maximum atomic E-state index is 12.3. The Balaban J connectivity index is 1.79. The molecule has 110 valence electrons. The maximum Gasteiger partial charge on any atom is 0.293 e. The first-order valence-corrected chi connectivity index (χ1v) is 7.16. The fraction of sp³-hybridized carbons (Fsp3) is 0.375. The average Bonchev–Trinajstić information content (AvgIpc) is 3.34. The van der Waals surface area contributed by atoms with Crippen LogP contribution in [0.3, 0.4) is 0 Å². The number of nitrogens with zero attached hydrogens (tertiary/aromatic N) is 2. The second kappa shape index (κ2) is 5.60. The molecule has 3 rings (SSSR count). The summed E-state index contributed by atoms with van der Waals surface area (Å²) in [5.41, 5.74) is 1.04. The molecule has 21 heavy (non-hydrogen) atoms. The van der Waals surface area contributed by atoms with Gasteiger partial charge in [0.25, 0.3) is 5.56 Å². The summed E-state index contributed by atoms with van der Waals surface area (Å²) in [6.45, 7) is 2.01. The largest absolute Gasteiger partial charge is 0.497 e. The standard InChI is InChI=1S/C16H19N3O2/c1-11(12-3-7-14(21-2)8-4-12)18-15-16(20)19(10-9-17-15)13-5-6-13/h3-4,7-11,13H,5-6H2,1-2H3,(H,17,18). The number of rotatable bonds is 5. The Labute approximate surface area is 123 Å². The first kappa shape index (κ1) is 13.7. The van der Waals surface area contributed by atoms with Gasteiger partial charge in [-0.1, -0.05) is 12.1 Å². The van der Waals surface area contributed by atoms with Crippen molar-refractivity contribution in [3.8, 4) is 5.75 Å². The van der Waals surface area contributed by atoms with Gasteiger partial charge in [-0.2, -0.15) is 0 Å². The van der Waals surface area contributed by atoms with Gasteiger partial charge in [0.1, 0.15) is 5.75 Å². The van der Waals surface area contributed by atoms with Crippen LogP contribution in [0.2, 0.25) is 0 Å². The molecule has 1 heterocycles. The van der Waals surface area contributed by atoms with E-state index in [9.17, 15) is 4.79 Å². The highest BCUT2D eigenvalue weighted by Gasteiger charge is 2.25. The van der Waals surface area contributed by atoms with Crippen molar-refractivity contribution in [3.05, 3.63) is 52.6 Å². The summed E-state index contributed by atoms with van der Waals surface area (Å²) < 4.78 is 6.92. The summed E-state index contributed by atoms with van der Waals surface area (Å²) in [5.74, 6) is 1.23. The first-order chi connectivity index (χ1) is 10.2. The van der Waals surface area contributed by atoms with Gasteiger partial charge in [0.2, 0.25) is 0 Å². The number of nitrogens with one attached hydrogen (secondary N) is 1. The molecule has 1 aromatic heterocycles. The van der Waals surface area contributed by atoms with E-state index in [1.807, 2.05) is 31.2 Å². The molecule has 1 aliphatic carbocycles. The molecule has 5 nitrogen and oxygen atoms in total. The van der Waals surface area contributed by atoms with Gasteiger partial charge in [-0.15, -0.1) is 0 Å². The molecule has 1 aliphatic rings. The van der Waals surface area contributed by atoms with Gasteiger partial charge < -0.3 is 14.6 Å². The van der Waals surface area contributed by atoms with Gasteiger partial charge >= 0.3 is 0 Å². The Bertz CT molecular complexity index is 675. The van der Waals surface area contributed by atoms with E-state index in [1.165, 1.54) is 0 Å². The predicted octanol–water partition coefficient (Wildman–Crippen LogP) is 2.76. The molecule has 0 spiro atoms. The van der Waals surface area contributed by atoms with Crippen molar-refractivity contribution in [2.45, 2.75) is 31.8 Å². The molecule has 1 aromatic carbocycles. The molecule has 1 fully saturated rings. The first-order valence-electron chi connectivity index (χ1n) is 7.16. The van der Waals surface area contributed by atoms with Crippen molar-refractivity contribution in [3.63, 3.8) is 0 Å². The van der Waals surface area contributed by atoms with Gasteiger partial charge in [0.15, 0.2) is 5.82 Å². The lowest BCUT2D eigenvalue weighted by molar-refractivity contribution is 0.414. The van der Waals surface area contributed by atoms with Crippen molar-refractivity contribution < 1.29 is 4.74 Å². The van der Waals surface area contributed by atoms with Crippen LogP contribution in [0.1, 0.15) is 37.4 Å². The number of ether oxygens (including phenoxy) is 1. The highest BCUT2D eigenvalue weighted by Crippen LogP contribution is 2.33. The summed E-state index contributed by atoms with van der Waals surface area (Å²) in [7, 11) is 1.64. The van der Waals surface area contributed by atoms with Crippen molar-refractivity contribution in [2.24, 2.45) is 0 Å². The topological polar surface area (TPSA) is 56.1 Å². The van der Waals surface area contributed by atoms with Gasteiger partial charge in [-0.3, -0.25) is 4.79 Å². The summed E-state index contributed by atoms with van der Waals surface area (Å²) >= 11 is 0. The Kier molecular flexibility index (Phi) is 3.64. The van der Waals surface area contributed by atoms with E-state index in [-0.39, 0.29) is 11.6 Å². The molecule has 2 aromatic rings. The van der Waals surface area contributed by atoms with Gasteiger partial charge in [0, 0.05) is 18.4 Å². The summed E-state index contributed by atoms with van der Waals surface area (Å²) in [5, 5.41) is 3.20. The second-order valence-corrected chi connectivity index (χ2v) is 5.36. The van der Waals surface area contributed by atoms with E-state index in [1.54, 1.807) is 24.1 Å². The third kappa shape index (κ3) is 2.91. The molecule has 1 saturated carbocycles. The van der Waals surface area contributed by atoms with Crippen LogP contribution >= 0.6 is 0 Å². The molecular weight excluding hydrogens is 266 g/mol. The predicted molar refractivity (Wildman–Crippen MR) is 81.8 cm³/mol. The summed E-state index contributed by atoms with van der Waals surface area (Å²) in [6.07, 6.45) is 5.61. The van der Waals surface area contributed by atoms with Crippen LogP contribution in [0.25, 0.3) is 0 Å². The number of hydrogen-bond acceptors (Lipinski definition) is 4. The molecule has 1 atom stereocenters. The van der Waals surface area contributed by atoms with Crippen LogP contribution in [0.15, 0.2) is 41.5 Å². The lowest BCUT2D eigenvalue weighted by Crippen LogP contribution is -2.24. The number of benzene rings is 1. The third-order valence-corrected chi connectivity index (χ3v) is 3.78. The van der Waals surface area contributed by atoms with Crippen LogP contribution in [-0.4, -0.2) is 16.7 Å². The zero-order valence-corrected chi connectivity index (χ0v) is 12.2. The molecule has 5 heteroatoms. The van der Waals surface area contributed by atoms with Crippen LogP contribution in [-0.2, 0) is 0 Å². The van der Waals surface area contributed by atoms with E-state index in [2.05, 4.69) is 10.3 Å². The molecule has 0 aliphatic heterocycles. The Hall–Kier alpha value is -2.30. The Morgan fingerprint density at radius 3 is 2.67 bits per heavy atom. The monoisotopic (exact) mass is 285 g/mol.